The van der Waals surface area contributed by atoms with Crippen LogP contribution in [0.3, 0.4) is 0 Å². The number of carbonyl (C=O) groups excluding carboxylic acids is 1. The van der Waals surface area contributed by atoms with Crippen molar-refractivity contribution in [2.75, 3.05) is 18.5 Å². The maximum atomic E-state index is 11.3. The topological polar surface area (TPSA) is 74.3 Å². The predicted octanol–water partition coefficient (Wildman–Crippen LogP) is 0.337. The summed E-state index contributed by atoms with van der Waals surface area (Å²) in [5.41, 5.74) is 4.68. The van der Waals surface area contributed by atoms with E-state index in [4.69, 9.17) is 4.74 Å². The molecule has 1 aliphatic carbocycles. The molecule has 1 N–H and O–H groups in total. The third-order valence-electron chi connectivity index (χ3n) is 5.49. The van der Waals surface area contributed by atoms with Crippen molar-refractivity contribution >= 4 is 11.8 Å². The summed E-state index contributed by atoms with van der Waals surface area (Å²) in [4.78, 5) is 15.5. The number of ether oxygens (including phenoxy) is 1. The van der Waals surface area contributed by atoms with Gasteiger partial charge in [-0.1, -0.05) is 36.4 Å². The Hall–Kier alpha value is -2.34. The first-order valence-corrected chi connectivity index (χ1v) is 10.4. The minimum Gasteiger partial charge on any atom is -0.550 e. The molecule has 0 spiro atoms. The zero-order chi connectivity index (χ0) is 20.8. The van der Waals surface area contributed by atoms with Crippen molar-refractivity contribution in [2.45, 2.75) is 31.6 Å². The second kappa shape index (κ2) is 11.3. The third kappa shape index (κ3) is 6.33. The average molecular weight is 424 g/mol. The fourth-order valence-electron chi connectivity index (χ4n) is 4.06. The first-order valence-electron chi connectivity index (χ1n) is 10.4. The summed E-state index contributed by atoms with van der Waals surface area (Å²) in [6.07, 6.45) is 4.16. The summed E-state index contributed by atoms with van der Waals surface area (Å²) in [7, 11) is 0. The van der Waals surface area contributed by atoms with E-state index in [0.29, 0.717) is 13.0 Å². The fraction of sp³-hybridized carbons (Fsp3) is 0.280. The molecule has 5 nitrogen and oxygen atoms in total. The van der Waals surface area contributed by atoms with Gasteiger partial charge in [0.25, 0.3) is 0 Å². The van der Waals surface area contributed by atoms with Crippen LogP contribution in [0.5, 0.6) is 5.75 Å². The predicted molar refractivity (Wildman–Crippen MR) is 115 cm³/mol. The Morgan fingerprint density at radius 3 is 2.71 bits per heavy atom. The van der Waals surface area contributed by atoms with Crippen LogP contribution in [0.2, 0.25) is 0 Å². The van der Waals surface area contributed by atoms with Crippen LogP contribution >= 0.6 is 0 Å². The van der Waals surface area contributed by atoms with Crippen LogP contribution in [0.4, 0.5) is 5.82 Å². The van der Waals surface area contributed by atoms with E-state index in [1.165, 1.54) is 16.7 Å². The Morgan fingerprint density at radius 2 is 1.90 bits per heavy atom. The second-order valence-electron chi connectivity index (χ2n) is 7.63. The first-order chi connectivity index (χ1) is 14.7. The van der Waals surface area contributed by atoms with Gasteiger partial charge in [0.05, 0.1) is 6.61 Å². The van der Waals surface area contributed by atoms with E-state index in [-0.39, 0.29) is 41.9 Å². The number of nitrogens with zero attached hydrogens (tertiary/aromatic N) is 1. The number of nitrogens with one attached hydrogen (secondary N) is 1. The maximum absolute atomic E-state index is 11.3. The van der Waals surface area contributed by atoms with Crippen LogP contribution in [-0.4, -0.2) is 24.1 Å². The SMILES string of the molecule is O=C([O-])CC1Cc2ccc(OCCCNc3ccccn3)cc2Cc2ccccc21.[Na+]. The van der Waals surface area contributed by atoms with Gasteiger partial charge in [0, 0.05) is 18.7 Å². The Labute approximate surface area is 205 Å². The molecule has 4 rings (SSSR count). The summed E-state index contributed by atoms with van der Waals surface area (Å²) in [5, 5.41) is 14.6. The Kier molecular flexibility index (Phi) is 8.52. The first kappa shape index (κ1) is 23.3. The molecule has 0 saturated heterocycles. The molecule has 2 aromatic carbocycles. The van der Waals surface area contributed by atoms with Gasteiger partial charge < -0.3 is 20.0 Å². The fourth-order valence-corrected chi connectivity index (χ4v) is 4.06. The molecular formula is C25H25N2NaO3. The Balaban J connectivity index is 0.00000272. The number of aromatic nitrogens is 1. The molecule has 3 aromatic rings. The molecule has 0 bridgehead atoms. The number of pyridine rings is 1. The van der Waals surface area contributed by atoms with E-state index in [1.807, 2.05) is 42.5 Å². The van der Waals surface area contributed by atoms with Crippen molar-refractivity contribution in [1.29, 1.82) is 0 Å². The van der Waals surface area contributed by atoms with Gasteiger partial charge in [0.2, 0.25) is 0 Å². The Bertz CT molecular complexity index is 1010. The van der Waals surface area contributed by atoms with Crippen LogP contribution in [0, 0.1) is 0 Å². The van der Waals surface area contributed by atoms with Crippen LogP contribution in [-0.2, 0) is 17.6 Å². The number of anilines is 1. The largest absolute Gasteiger partial charge is 1.00 e. The standard InChI is InChI=1S/C25H26N2O3.Na/c28-25(29)17-21-14-18-9-10-22(16-20(18)15-19-6-1-2-7-23(19)21)30-13-5-12-27-24-8-3-4-11-26-24;/h1-4,6-11,16,21H,5,12-15,17H2,(H,26,27)(H,28,29);/q;+1/p-1. The molecule has 0 fully saturated rings. The van der Waals surface area contributed by atoms with Crippen LogP contribution in [0.15, 0.2) is 66.9 Å². The summed E-state index contributed by atoms with van der Waals surface area (Å²) in [6, 6.07) is 20.1. The van der Waals surface area contributed by atoms with Crippen molar-refractivity contribution in [3.63, 3.8) is 0 Å². The molecule has 0 saturated carbocycles. The van der Waals surface area contributed by atoms with Gasteiger partial charge in [0.15, 0.2) is 0 Å². The van der Waals surface area contributed by atoms with Gasteiger partial charge in [-0.3, -0.25) is 0 Å². The third-order valence-corrected chi connectivity index (χ3v) is 5.49. The number of hydrogen-bond acceptors (Lipinski definition) is 5. The summed E-state index contributed by atoms with van der Waals surface area (Å²) in [5.74, 6) is 0.657. The quantitative estimate of drug-likeness (QED) is 0.417. The number of carboxylic acids is 1. The van der Waals surface area contributed by atoms with Crippen molar-refractivity contribution in [3.05, 3.63) is 89.1 Å². The molecule has 1 unspecified atom stereocenters. The van der Waals surface area contributed by atoms with Crippen LogP contribution in [0.25, 0.3) is 0 Å². The minimum absolute atomic E-state index is 0. The molecule has 154 valence electrons. The monoisotopic (exact) mass is 424 g/mol. The molecule has 0 radical (unpaired) electrons. The van der Waals surface area contributed by atoms with E-state index >= 15 is 0 Å². The van der Waals surface area contributed by atoms with Crippen molar-refractivity contribution < 1.29 is 44.2 Å². The van der Waals surface area contributed by atoms with Gasteiger partial charge in [-0.15, -0.1) is 0 Å². The van der Waals surface area contributed by atoms with Crippen molar-refractivity contribution in [3.8, 4) is 5.75 Å². The summed E-state index contributed by atoms with van der Waals surface area (Å²) in [6.45, 7) is 1.41. The zero-order valence-electron chi connectivity index (χ0n) is 17.8. The number of hydrogen-bond donors (Lipinski definition) is 1. The van der Waals surface area contributed by atoms with E-state index in [2.05, 4.69) is 28.5 Å². The maximum Gasteiger partial charge on any atom is 1.00 e. The smallest absolute Gasteiger partial charge is 0.550 e. The molecular weight excluding hydrogens is 399 g/mol. The van der Waals surface area contributed by atoms with E-state index < -0.39 is 5.97 Å². The number of carbonyl (C=O) groups is 1. The van der Waals surface area contributed by atoms with E-state index in [9.17, 15) is 9.90 Å². The van der Waals surface area contributed by atoms with Crippen LogP contribution in [0.1, 0.15) is 41.0 Å². The number of carboxylic acid groups (broad SMARTS) is 1. The van der Waals surface area contributed by atoms with Crippen molar-refractivity contribution in [1.82, 2.24) is 4.98 Å². The van der Waals surface area contributed by atoms with Crippen LogP contribution < -0.4 is 44.7 Å². The molecule has 0 aliphatic heterocycles. The molecule has 6 heteroatoms. The number of aliphatic carboxylic acids is 1. The Morgan fingerprint density at radius 1 is 1.06 bits per heavy atom. The average Bonchev–Trinajstić information content (AvgIpc) is 2.90. The van der Waals surface area contributed by atoms with Gasteiger partial charge in [0.1, 0.15) is 11.6 Å². The zero-order valence-corrected chi connectivity index (χ0v) is 19.8. The summed E-state index contributed by atoms with van der Waals surface area (Å²) < 4.78 is 5.97. The minimum atomic E-state index is -1.00. The van der Waals surface area contributed by atoms with Gasteiger partial charge in [-0.2, -0.15) is 0 Å². The van der Waals surface area contributed by atoms with Gasteiger partial charge in [-0.05, 0) is 78.1 Å². The van der Waals surface area contributed by atoms with Gasteiger partial charge >= 0.3 is 29.6 Å². The molecule has 1 aromatic heterocycles. The molecule has 0 amide bonds. The molecule has 1 atom stereocenters. The molecule has 1 heterocycles. The van der Waals surface area contributed by atoms with E-state index in [1.54, 1.807) is 6.20 Å². The number of fused-ring (bicyclic) bond motifs is 2. The summed E-state index contributed by atoms with van der Waals surface area (Å²) >= 11 is 0. The molecule has 1 aliphatic rings. The second-order valence-corrected chi connectivity index (χ2v) is 7.63. The van der Waals surface area contributed by atoms with Gasteiger partial charge in [-0.25, -0.2) is 4.98 Å². The number of rotatable bonds is 8. The van der Waals surface area contributed by atoms with E-state index in [0.717, 1.165) is 36.5 Å². The normalized spacial score (nSPS) is 14.4. The van der Waals surface area contributed by atoms with Crippen molar-refractivity contribution in [2.24, 2.45) is 0 Å². The number of benzene rings is 2. The molecule has 31 heavy (non-hydrogen) atoms.